The van der Waals surface area contributed by atoms with Gasteiger partial charge in [0, 0.05) is 0 Å². The number of hydrogen-bond donors (Lipinski definition) is 1. The molecule has 1 saturated carbocycles. The van der Waals surface area contributed by atoms with Gasteiger partial charge in [0.2, 0.25) is 0 Å². The fourth-order valence-corrected chi connectivity index (χ4v) is 1.49. The van der Waals surface area contributed by atoms with Crippen molar-refractivity contribution in [1.82, 2.24) is 0 Å². The second-order valence-electron chi connectivity index (χ2n) is 2.90. The molecule has 2 heteroatoms. The van der Waals surface area contributed by atoms with Crippen LogP contribution in [0.2, 0.25) is 0 Å². The van der Waals surface area contributed by atoms with Crippen LogP contribution in [0.15, 0.2) is 0 Å². The molecule has 0 aliphatic heterocycles. The van der Waals surface area contributed by atoms with Crippen LogP contribution in [-0.4, -0.2) is 6.54 Å². The molecular formula is C8H16NNa. The maximum atomic E-state index is 5.40. The first-order chi connectivity index (χ1) is 4.43. The third kappa shape index (κ3) is 3.97. The van der Waals surface area contributed by atoms with Crippen molar-refractivity contribution < 1.29 is 29.6 Å². The standard InChI is InChI=1S/C8H16N.Na/c9-7-3-6-8-4-1-2-5-8;/h1,8H,2-7,9H2;/q-1;+1. The van der Waals surface area contributed by atoms with Crippen molar-refractivity contribution in [2.24, 2.45) is 11.7 Å². The summed E-state index contributed by atoms with van der Waals surface area (Å²) in [5.41, 5.74) is 5.40. The molecule has 1 rings (SSSR count). The van der Waals surface area contributed by atoms with E-state index in [2.05, 4.69) is 6.42 Å². The molecule has 1 aliphatic rings. The van der Waals surface area contributed by atoms with Gasteiger partial charge in [0.1, 0.15) is 0 Å². The van der Waals surface area contributed by atoms with Gasteiger partial charge in [-0.05, 0) is 13.0 Å². The predicted molar refractivity (Wildman–Crippen MR) is 39.9 cm³/mol. The van der Waals surface area contributed by atoms with E-state index < -0.39 is 0 Å². The van der Waals surface area contributed by atoms with Crippen molar-refractivity contribution in [2.75, 3.05) is 6.54 Å². The van der Waals surface area contributed by atoms with Gasteiger partial charge in [-0.15, -0.1) is 0 Å². The molecule has 1 aliphatic carbocycles. The van der Waals surface area contributed by atoms with E-state index in [0.29, 0.717) is 0 Å². The van der Waals surface area contributed by atoms with Crippen molar-refractivity contribution in [2.45, 2.75) is 32.1 Å². The second-order valence-corrected chi connectivity index (χ2v) is 2.90. The Balaban J connectivity index is 0.000000810. The number of hydrogen-bond acceptors (Lipinski definition) is 1. The molecule has 0 bridgehead atoms. The number of nitrogens with two attached hydrogens (primary N) is 1. The Morgan fingerprint density at radius 2 is 2.30 bits per heavy atom. The molecule has 10 heavy (non-hydrogen) atoms. The van der Waals surface area contributed by atoms with E-state index in [1.165, 1.54) is 32.1 Å². The molecule has 1 fully saturated rings. The van der Waals surface area contributed by atoms with E-state index in [0.717, 1.165) is 12.5 Å². The van der Waals surface area contributed by atoms with E-state index in [1.807, 2.05) is 0 Å². The van der Waals surface area contributed by atoms with Gasteiger partial charge in [-0.3, -0.25) is 0 Å². The van der Waals surface area contributed by atoms with Crippen LogP contribution in [0.1, 0.15) is 32.1 Å². The van der Waals surface area contributed by atoms with Crippen LogP contribution in [-0.2, 0) is 0 Å². The number of rotatable bonds is 3. The summed E-state index contributed by atoms with van der Waals surface area (Å²) < 4.78 is 0. The second kappa shape index (κ2) is 6.66. The van der Waals surface area contributed by atoms with E-state index in [-0.39, 0.29) is 29.6 Å². The van der Waals surface area contributed by atoms with Crippen LogP contribution in [0.4, 0.5) is 0 Å². The van der Waals surface area contributed by atoms with Crippen molar-refractivity contribution >= 4 is 0 Å². The molecule has 0 amide bonds. The van der Waals surface area contributed by atoms with E-state index >= 15 is 0 Å². The molecule has 0 radical (unpaired) electrons. The molecule has 0 aromatic carbocycles. The van der Waals surface area contributed by atoms with Gasteiger partial charge in [-0.2, -0.15) is 12.8 Å². The van der Waals surface area contributed by atoms with Crippen LogP contribution < -0.4 is 35.3 Å². The van der Waals surface area contributed by atoms with Gasteiger partial charge >= 0.3 is 29.6 Å². The average Bonchev–Trinajstić information content (AvgIpc) is 2.34. The molecule has 0 heterocycles. The van der Waals surface area contributed by atoms with Crippen molar-refractivity contribution in [1.29, 1.82) is 0 Å². The van der Waals surface area contributed by atoms with E-state index in [4.69, 9.17) is 5.73 Å². The first-order valence-electron chi connectivity index (χ1n) is 3.95. The molecule has 1 nitrogen and oxygen atoms in total. The van der Waals surface area contributed by atoms with Crippen LogP contribution in [0.25, 0.3) is 0 Å². The fourth-order valence-electron chi connectivity index (χ4n) is 1.49. The minimum absolute atomic E-state index is 0. The molecule has 2 N–H and O–H groups in total. The maximum Gasteiger partial charge on any atom is 1.00 e. The van der Waals surface area contributed by atoms with E-state index in [1.54, 1.807) is 0 Å². The van der Waals surface area contributed by atoms with Crippen LogP contribution in [0.3, 0.4) is 0 Å². The molecule has 0 spiro atoms. The summed E-state index contributed by atoms with van der Waals surface area (Å²) in [5.74, 6) is 0.980. The Labute approximate surface area is 86.0 Å². The molecule has 0 aromatic heterocycles. The average molecular weight is 149 g/mol. The first-order valence-corrected chi connectivity index (χ1v) is 3.95. The summed E-state index contributed by atoms with van der Waals surface area (Å²) in [5, 5.41) is 0. The Kier molecular flexibility index (Phi) is 7.30. The summed E-state index contributed by atoms with van der Waals surface area (Å²) in [6, 6.07) is 0. The van der Waals surface area contributed by atoms with Gasteiger partial charge in [-0.1, -0.05) is 18.8 Å². The zero-order chi connectivity index (χ0) is 6.53. The Morgan fingerprint density at radius 3 is 2.80 bits per heavy atom. The quantitative estimate of drug-likeness (QED) is 0.393. The largest absolute Gasteiger partial charge is 1.00 e. The monoisotopic (exact) mass is 149 g/mol. The van der Waals surface area contributed by atoms with Gasteiger partial charge in [0.05, 0.1) is 0 Å². The molecule has 1 atom stereocenters. The molecule has 1 unspecified atom stereocenters. The fraction of sp³-hybridized carbons (Fsp3) is 0.875. The van der Waals surface area contributed by atoms with E-state index in [9.17, 15) is 0 Å². The summed E-state index contributed by atoms with van der Waals surface area (Å²) in [6.07, 6.45) is 9.09. The van der Waals surface area contributed by atoms with Gasteiger partial charge < -0.3 is 12.2 Å². The van der Waals surface area contributed by atoms with Crippen LogP contribution >= 0.6 is 0 Å². The predicted octanol–water partition coefficient (Wildman–Crippen LogP) is -1.27. The third-order valence-corrected chi connectivity index (χ3v) is 2.10. The Bertz CT molecular complexity index is 69.7. The van der Waals surface area contributed by atoms with Crippen LogP contribution in [0, 0.1) is 12.3 Å². The minimum Gasteiger partial charge on any atom is -0.330 e. The summed E-state index contributed by atoms with van der Waals surface area (Å²) in [7, 11) is 0. The Hall–Kier alpha value is 0.960. The topological polar surface area (TPSA) is 26.0 Å². The van der Waals surface area contributed by atoms with Gasteiger partial charge in [0.15, 0.2) is 0 Å². The van der Waals surface area contributed by atoms with Crippen LogP contribution in [0.5, 0.6) is 0 Å². The molecule has 0 aromatic rings. The summed E-state index contributed by atoms with van der Waals surface area (Å²) in [6.45, 7) is 0.872. The third-order valence-electron chi connectivity index (χ3n) is 2.10. The molecule has 0 saturated heterocycles. The van der Waals surface area contributed by atoms with Crippen molar-refractivity contribution in [3.63, 3.8) is 0 Å². The smallest absolute Gasteiger partial charge is 0.330 e. The normalized spacial score (nSPS) is 24.3. The van der Waals surface area contributed by atoms with Gasteiger partial charge in [0.25, 0.3) is 0 Å². The van der Waals surface area contributed by atoms with Crippen molar-refractivity contribution in [3.05, 3.63) is 6.42 Å². The maximum absolute atomic E-state index is 5.40. The minimum atomic E-state index is 0. The summed E-state index contributed by atoms with van der Waals surface area (Å²) in [4.78, 5) is 0. The van der Waals surface area contributed by atoms with Crippen molar-refractivity contribution in [3.8, 4) is 0 Å². The van der Waals surface area contributed by atoms with Gasteiger partial charge in [-0.25, -0.2) is 0 Å². The molecular weight excluding hydrogens is 133 g/mol. The summed E-state index contributed by atoms with van der Waals surface area (Å²) >= 11 is 0. The SMILES string of the molecule is NCCCC1C[CH-]CC1.[Na+]. The zero-order valence-electron chi connectivity index (χ0n) is 6.97. The Morgan fingerprint density at radius 1 is 1.50 bits per heavy atom. The molecule has 54 valence electrons. The zero-order valence-corrected chi connectivity index (χ0v) is 8.97. The first kappa shape index (κ1) is 11.0.